The first-order chi connectivity index (χ1) is 9.58. The lowest BCUT2D eigenvalue weighted by Gasteiger charge is -2.16. The van der Waals surface area contributed by atoms with E-state index in [2.05, 4.69) is 15.9 Å². The minimum atomic E-state index is -0.260. The Morgan fingerprint density at radius 3 is 2.45 bits per heavy atom. The fraction of sp³-hybridized carbons (Fsp3) is 0.250. The molecule has 0 heterocycles. The molecule has 0 fully saturated rings. The first kappa shape index (κ1) is 15.1. The summed E-state index contributed by atoms with van der Waals surface area (Å²) in [7, 11) is 0. The molecule has 2 rings (SSSR count). The van der Waals surface area contributed by atoms with Crippen LogP contribution in [0.1, 0.15) is 11.1 Å². The molecule has 0 saturated carbocycles. The zero-order valence-corrected chi connectivity index (χ0v) is 12.5. The highest BCUT2D eigenvalue weighted by molar-refractivity contribution is 9.10. The van der Waals surface area contributed by atoms with Crippen LogP contribution in [0.3, 0.4) is 0 Å². The summed E-state index contributed by atoms with van der Waals surface area (Å²) in [5.74, 6) is -0.357. The van der Waals surface area contributed by atoms with Crippen LogP contribution in [0.15, 0.2) is 46.9 Å². The van der Waals surface area contributed by atoms with Crippen molar-refractivity contribution in [2.75, 3.05) is 6.54 Å². The van der Waals surface area contributed by atoms with Crippen LogP contribution in [-0.4, -0.2) is 6.54 Å². The highest BCUT2D eigenvalue weighted by Crippen LogP contribution is 2.22. The second-order valence-electron chi connectivity index (χ2n) is 4.88. The van der Waals surface area contributed by atoms with Crippen LogP contribution in [0.5, 0.6) is 0 Å². The summed E-state index contributed by atoms with van der Waals surface area (Å²) >= 11 is 3.42. The van der Waals surface area contributed by atoms with E-state index in [-0.39, 0.29) is 17.6 Å². The molecular weight excluding hydrogens is 324 g/mol. The third-order valence-electron chi connectivity index (χ3n) is 3.26. The summed E-state index contributed by atoms with van der Waals surface area (Å²) in [5.41, 5.74) is 7.59. The maximum atomic E-state index is 13.3. The van der Waals surface area contributed by atoms with Gasteiger partial charge in [-0.05, 0) is 66.8 Å². The van der Waals surface area contributed by atoms with Gasteiger partial charge in [-0.15, -0.1) is 0 Å². The third kappa shape index (κ3) is 4.12. The van der Waals surface area contributed by atoms with Gasteiger partial charge in [0.25, 0.3) is 0 Å². The van der Waals surface area contributed by atoms with Gasteiger partial charge in [0.2, 0.25) is 0 Å². The normalized spacial score (nSPS) is 12.4. The SMILES string of the molecule is NCC(Cc1cccc(F)c1)Cc1cc(F)ccc1Br. The van der Waals surface area contributed by atoms with Crippen molar-refractivity contribution in [1.82, 2.24) is 0 Å². The van der Waals surface area contributed by atoms with Gasteiger partial charge in [0.15, 0.2) is 0 Å². The molecule has 1 atom stereocenters. The number of benzene rings is 2. The lowest BCUT2D eigenvalue weighted by molar-refractivity contribution is 0.526. The quantitative estimate of drug-likeness (QED) is 0.872. The first-order valence-corrected chi connectivity index (χ1v) is 7.26. The largest absolute Gasteiger partial charge is 0.330 e. The van der Waals surface area contributed by atoms with E-state index in [1.807, 2.05) is 6.07 Å². The molecule has 0 aliphatic carbocycles. The monoisotopic (exact) mass is 339 g/mol. The summed E-state index contributed by atoms with van der Waals surface area (Å²) < 4.78 is 27.3. The minimum absolute atomic E-state index is 0.148. The lowest BCUT2D eigenvalue weighted by atomic mass is 9.92. The molecule has 0 amide bonds. The Bertz CT molecular complexity index is 586. The van der Waals surface area contributed by atoms with Crippen LogP contribution >= 0.6 is 15.9 Å². The highest BCUT2D eigenvalue weighted by Gasteiger charge is 2.12. The highest BCUT2D eigenvalue weighted by atomic mass is 79.9. The Labute approximate surface area is 125 Å². The molecule has 0 aliphatic heterocycles. The van der Waals surface area contributed by atoms with Crippen molar-refractivity contribution in [2.45, 2.75) is 12.8 Å². The van der Waals surface area contributed by atoms with Gasteiger partial charge in [0.1, 0.15) is 11.6 Å². The number of hydrogen-bond acceptors (Lipinski definition) is 1. The summed E-state index contributed by atoms with van der Waals surface area (Å²) in [6, 6.07) is 11.1. The van der Waals surface area contributed by atoms with Gasteiger partial charge >= 0.3 is 0 Å². The number of hydrogen-bond donors (Lipinski definition) is 1. The molecular formula is C16H16BrF2N. The number of nitrogens with two attached hydrogens (primary N) is 1. The van der Waals surface area contributed by atoms with Crippen molar-refractivity contribution in [3.8, 4) is 0 Å². The van der Waals surface area contributed by atoms with Gasteiger partial charge in [-0.3, -0.25) is 0 Å². The lowest BCUT2D eigenvalue weighted by Crippen LogP contribution is -2.19. The fourth-order valence-electron chi connectivity index (χ4n) is 2.25. The van der Waals surface area contributed by atoms with Gasteiger partial charge < -0.3 is 5.73 Å². The van der Waals surface area contributed by atoms with E-state index < -0.39 is 0 Å². The van der Waals surface area contributed by atoms with Crippen molar-refractivity contribution in [1.29, 1.82) is 0 Å². The minimum Gasteiger partial charge on any atom is -0.330 e. The zero-order chi connectivity index (χ0) is 14.5. The Morgan fingerprint density at radius 2 is 1.75 bits per heavy atom. The predicted molar refractivity (Wildman–Crippen MR) is 80.5 cm³/mol. The van der Waals surface area contributed by atoms with E-state index in [9.17, 15) is 8.78 Å². The van der Waals surface area contributed by atoms with Gasteiger partial charge in [0.05, 0.1) is 0 Å². The molecule has 2 N–H and O–H groups in total. The second-order valence-corrected chi connectivity index (χ2v) is 5.73. The standard InChI is InChI=1S/C16H16BrF2N/c17-16-5-4-15(19)9-13(16)7-12(10-20)6-11-2-1-3-14(18)8-11/h1-5,8-9,12H,6-7,10,20H2. The molecule has 2 aromatic rings. The predicted octanol–water partition coefficient (Wildman–Crippen LogP) is 4.09. The number of rotatable bonds is 5. The third-order valence-corrected chi connectivity index (χ3v) is 4.04. The van der Waals surface area contributed by atoms with E-state index in [1.165, 1.54) is 24.3 Å². The van der Waals surface area contributed by atoms with Crippen molar-refractivity contribution in [3.63, 3.8) is 0 Å². The van der Waals surface area contributed by atoms with Crippen LogP contribution in [0.2, 0.25) is 0 Å². The van der Waals surface area contributed by atoms with Gasteiger partial charge in [-0.25, -0.2) is 8.78 Å². The summed E-state index contributed by atoms with van der Waals surface area (Å²) in [5, 5.41) is 0. The molecule has 106 valence electrons. The number of halogens is 3. The molecule has 1 nitrogen and oxygen atoms in total. The topological polar surface area (TPSA) is 26.0 Å². The summed E-state index contributed by atoms with van der Waals surface area (Å²) in [6.07, 6.45) is 1.34. The van der Waals surface area contributed by atoms with Crippen molar-refractivity contribution in [3.05, 3.63) is 69.7 Å². The van der Waals surface area contributed by atoms with Crippen LogP contribution in [0.4, 0.5) is 8.78 Å². The fourth-order valence-corrected chi connectivity index (χ4v) is 2.66. The average Bonchev–Trinajstić information content (AvgIpc) is 2.42. The van der Waals surface area contributed by atoms with E-state index in [4.69, 9.17) is 5.73 Å². The maximum absolute atomic E-state index is 13.3. The molecule has 4 heteroatoms. The molecule has 20 heavy (non-hydrogen) atoms. The first-order valence-electron chi connectivity index (χ1n) is 6.47. The molecule has 0 radical (unpaired) electrons. The molecule has 0 aliphatic rings. The van der Waals surface area contributed by atoms with Crippen molar-refractivity contribution < 1.29 is 8.78 Å². The van der Waals surface area contributed by atoms with Crippen LogP contribution in [0, 0.1) is 17.6 Å². The van der Waals surface area contributed by atoms with Crippen LogP contribution < -0.4 is 5.73 Å². The molecule has 0 aromatic heterocycles. The Hall–Kier alpha value is -1.26. The van der Waals surface area contributed by atoms with Gasteiger partial charge in [0, 0.05) is 4.47 Å². The van der Waals surface area contributed by atoms with E-state index in [0.717, 1.165) is 15.6 Å². The van der Waals surface area contributed by atoms with Crippen LogP contribution in [-0.2, 0) is 12.8 Å². The zero-order valence-electron chi connectivity index (χ0n) is 11.0. The molecule has 2 aromatic carbocycles. The molecule has 0 spiro atoms. The Kier molecular flexibility index (Phi) is 5.26. The smallest absolute Gasteiger partial charge is 0.123 e. The Morgan fingerprint density at radius 1 is 1.00 bits per heavy atom. The molecule has 1 unspecified atom stereocenters. The van der Waals surface area contributed by atoms with E-state index >= 15 is 0 Å². The van der Waals surface area contributed by atoms with Crippen molar-refractivity contribution >= 4 is 15.9 Å². The van der Waals surface area contributed by atoms with Crippen LogP contribution in [0.25, 0.3) is 0 Å². The molecule has 0 saturated heterocycles. The summed E-state index contributed by atoms with van der Waals surface area (Å²) in [6.45, 7) is 0.472. The van der Waals surface area contributed by atoms with Crippen molar-refractivity contribution in [2.24, 2.45) is 11.7 Å². The maximum Gasteiger partial charge on any atom is 0.123 e. The van der Waals surface area contributed by atoms with E-state index in [0.29, 0.717) is 19.4 Å². The van der Waals surface area contributed by atoms with E-state index in [1.54, 1.807) is 12.1 Å². The summed E-state index contributed by atoms with van der Waals surface area (Å²) in [4.78, 5) is 0. The average molecular weight is 340 g/mol. The van der Waals surface area contributed by atoms with Gasteiger partial charge in [-0.1, -0.05) is 28.1 Å². The molecule has 0 bridgehead atoms. The second kappa shape index (κ2) is 6.95. The Balaban J connectivity index is 2.11. The van der Waals surface area contributed by atoms with Gasteiger partial charge in [-0.2, -0.15) is 0 Å².